The van der Waals surface area contributed by atoms with Crippen LogP contribution in [0.25, 0.3) is 10.8 Å². The van der Waals surface area contributed by atoms with Gasteiger partial charge in [0.1, 0.15) is 0 Å². The minimum absolute atomic E-state index is 0.262. The zero-order valence-corrected chi connectivity index (χ0v) is 13.5. The molecular formula is C16H19N3O3S. The Hall–Kier alpha value is -2.12. The molecule has 0 bridgehead atoms. The molecule has 1 aliphatic heterocycles. The van der Waals surface area contributed by atoms with Crippen LogP contribution in [0.1, 0.15) is 6.42 Å². The van der Waals surface area contributed by atoms with Gasteiger partial charge in [-0.2, -0.15) is 4.31 Å². The van der Waals surface area contributed by atoms with Gasteiger partial charge in [-0.25, -0.2) is 13.2 Å². The summed E-state index contributed by atoms with van der Waals surface area (Å²) in [6.07, 6.45) is 0.579. The standard InChI is InChI=1S/C16H19N3O3S/c17-16(20)18-8-3-9-19(11-10-18)23(21,22)15-7-6-13-4-1-2-5-14(13)12-15/h1-2,4-7,12H,3,8-11H2,(H2,17,20). The van der Waals surface area contributed by atoms with Gasteiger partial charge in [-0.15, -0.1) is 0 Å². The average Bonchev–Trinajstić information content (AvgIpc) is 2.81. The van der Waals surface area contributed by atoms with E-state index in [1.807, 2.05) is 30.3 Å². The number of rotatable bonds is 2. The highest BCUT2D eigenvalue weighted by atomic mass is 32.2. The second-order valence-corrected chi connectivity index (χ2v) is 7.53. The number of primary amides is 1. The Morgan fingerprint density at radius 2 is 1.70 bits per heavy atom. The first-order valence-corrected chi connectivity index (χ1v) is 8.96. The van der Waals surface area contributed by atoms with Crippen molar-refractivity contribution in [1.29, 1.82) is 0 Å². The fourth-order valence-electron chi connectivity index (χ4n) is 2.83. The number of urea groups is 1. The summed E-state index contributed by atoms with van der Waals surface area (Å²) in [5.41, 5.74) is 5.28. The topological polar surface area (TPSA) is 83.7 Å². The van der Waals surface area contributed by atoms with Crippen molar-refractivity contribution in [2.75, 3.05) is 26.2 Å². The van der Waals surface area contributed by atoms with Crippen LogP contribution in [-0.2, 0) is 10.0 Å². The van der Waals surface area contributed by atoms with E-state index in [0.717, 1.165) is 10.8 Å². The normalized spacial score (nSPS) is 17.1. The molecule has 2 aromatic rings. The molecule has 1 saturated heterocycles. The maximum Gasteiger partial charge on any atom is 0.314 e. The van der Waals surface area contributed by atoms with Crippen LogP contribution in [0.5, 0.6) is 0 Å². The van der Waals surface area contributed by atoms with Crippen LogP contribution < -0.4 is 5.73 Å². The Balaban J connectivity index is 1.89. The Bertz CT molecular complexity index is 835. The third kappa shape index (κ3) is 3.16. The summed E-state index contributed by atoms with van der Waals surface area (Å²) in [5, 5.41) is 1.89. The van der Waals surface area contributed by atoms with Crippen LogP contribution in [0.15, 0.2) is 47.4 Å². The van der Waals surface area contributed by atoms with E-state index in [0.29, 0.717) is 26.1 Å². The summed E-state index contributed by atoms with van der Waals surface area (Å²) in [5.74, 6) is 0. The van der Waals surface area contributed by atoms with Crippen LogP contribution in [0.2, 0.25) is 0 Å². The number of nitrogens with zero attached hydrogens (tertiary/aromatic N) is 2. The molecule has 0 spiro atoms. The molecule has 2 N–H and O–H groups in total. The average molecular weight is 333 g/mol. The number of benzene rings is 2. The van der Waals surface area contributed by atoms with Crippen LogP contribution in [0, 0.1) is 0 Å². The second kappa shape index (κ2) is 6.17. The number of amides is 2. The Labute approximate surface area is 135 Å². The van der Waals surface area contributed by atoms with E-state index in [2.05, 4.69) is 0 Å². The maximum absolute atomic E-state index is 12.9. The SMILES string of the molecule is NC(=O)N1CCCN(S(=O)(=O)c2ccc3ccccc3c2)CC1. The molecule has 7 heteroatoms. The number of nitrogens with two attached hydrogens (primary N) is 1. The van der Waals surface area contributed by atoms with Gasteiger partial charge >= 0.3 is 6.03 Å². The summed E-state index contributed by atoms with van der Waals surface area (Å²) < 4.78 is 27.1. The lowest BCUT2D eigenvalue weighted by Gasteiger charge is -2.21. The first kappa shape index (κ1) is 15.8. The lowest BCUT2D eigenvalue weighted by Crippen LogP contribution is -2.39. The number of hydrogen-bond acceptors (Lipinski definition) is 3. The highest BCUT2D eigenvalue weighted by Crippen LogP contribution is 2.22. The van der Waals surface area contributed by atoms with Crippen molar-refractivity contribution >= 4 is 26.8 Å². The summed E-state index contributed by atoms with van der Waals surface area (Å²) in [6, 6.07) is 12.3. The molecule has 0 unspecified atom stereocenters. The highest BCUT2D eigenvalue weighted by molar-refractivity contribution is 7.89. The smallest absolute Gasteiger partial charge is 0.314 e. The van der Waals surface area contributed by atoms with E-state index in [-0.39, 0.29) is 11.4 Å². The molecular weight excluding hydrogens is 314 g/mol. The van der Waals surface area contributed by atoms with Crippen molar-refractivity contribution < 1.29 is 13.2 Å². The van der Waals surface area contributed by atoms with Gasteiger partial charge in [-0.1, -0.05) is 30.3 Å². The van der Waals surface area contributed by atoms with E-state index in [1.165, 1.54) is 9.21 Å². The summed E-state index contributed by atoms with van der Waals surface area (Å²) in [6.45, 7) is 1.46. The van der Waals surface area contributed by atoms with Crippen molar-refractivity contribution in [2.45, 2.75) is 11.3 Å². The first-order chi connectivity index (χ1) is 11.0. The van der Waals surface area contributed by atoms with E-state index in [4.69, 9.17) is 5.73 Å². The fourth-order valence-corrected chi connectivity index (χ4v) is 4.34. The molecule has 0 atom stereocenters. The van der Waals surface area contributed by atoms with Crippen LogP contribution >= 0.6 is 0 Å². The van der Waals surface area contributed by atoms with Gasteiger partial charge in [-0.05, 0) is 29.3 Å². The van der Waals surface area contributed by atoms with Crippen LogP contribution in [-0.4, -0.2) is 49.8 Å². The van der Waals surface area contributed by atoms with Crippen molar-refractivity contribution in [3.63, 3.8) is 0 Å². The molecule has 2 aromatic carbocycles. The minimum Gasteiger partial charge on any atom is -0.351 e. The molecule has 6 nitrogen and oxygen atoms in total. The molecule has 23 heavy (non-hydrogen) atoms. The van der Waals surface area contributed by atoms with Crippen LogP contribution in [0.4, 0.5) is 4.79 Å². The molecule has 2 amide bonds. The van der Waals surface area contributed by atoms with E-state index in [1.54, 1.807) is 12.1 Å². The maximum atomic E-state index is 12.9. The quantitative estimate of drug-likeness (QED) is 0.906. The van der Waals surface area contributed by atoms with Gasteiger partial charge in [0, 0.05) is 26.2 Å². The first-order valence-electron chi connectivity index (χ1n) is 7.52. The number of fused-ring (bicyclic) bond motifs is 1. The zero-order valence-electron chi connectivity index (χ0n) is 12.7. The molecule has 3 rings (SSSR count). The number of sulfonamides is 1. The van der Waals surface area contributed by atoms with Gasteiger partial charge in [0.15, 0.2) is 0 Å². The predicted octanol–water partition coefficient (Wildman–Crippen LogP) is 1.61. The number of hydrogen-bond donors (Lipinski definition) is 1. The van der Waals surface area contributed by atoms with E-state index in [9.17, 15) is 13.2 Å². The van der Waals surface area contributed by atoms with E-state index >= 15 is 0 Å². The zero-order chi connectivity index (χ0) is 16.4. The molecule has 1 fully saturated rings. The Kier molecular flexibility index (Phi) is 4.23. The summed E-state index contributed by atoms with van der Waals surface area (Å²) >= 11 is 0. The second-order valence-electron chi connectivity index (χ2n) is 5.59. The number of carbonyl (C=O) groups is 1. The third-order valence-electron chi connectivity index (χ3n) is 4.13. The summed E-state index contributed by atoms with van der Waals surface area (Å²) in [7, 11) is -3.57. The molecule has 1 heterocycles. The monoisotopic (exact) mass is 333 g/mol. The lowest BCUT2D eigenvalue weighted by molar-refractivity contribution is 0.210. The van der Waals surface area contributed by atoms with Gasteiger partial charge < -0.3 is 10.6 Å². The number of carbonyl (C=O) groups excluding carboxylic acids is 1. The Morgan fingerprint density at radius 1 is 0.957 bits per heavy atom. The minimum atomic E-state index is -3.57. The molecule has 0 aliphatic carbocycles. The van der Waals surface area contributed by atoms with Gasteiger partial charge in [0.25, 0.3) is 0 Å². The van der Waals surface area contributed by atoms with Crippen molar-refractivity contribution in [3.8, 4) is 0 Å². The predicted molar refractivity (Wildman–Crippen MR) is 88.5 cm³/mol. The molecule has 122 valence electrons. The van der Waals surface area contributed by atoms with Crippen LogP contribution in [0.3, 0.4) is 0 Å². The van der Waals surface area contributed by atoms with Gasteiger partial charge in [-0.3, -0.25) is 0 Å². The fraction of sp³-hybridized carbons (Fsp3) is 0.312. The third-order valence-corrected chi connectivity index (χ3v) is 6.02. The molecule has 1 aliphatic rings. The molecule has 0 aromatic heterocycles. The summed E-state index contributed by atoms with van der Waals surface area (Å²) in [4.78, 5) is 13.0. The Morgan fingerprint density at radius 3 is 2.43 bits per heavy atom. The largest absolute Gasteiger partial charge is 0.351 e. The van der Waals surface area contributed by atoms with Gasteiger partial charge in [0.05, 0.1) is 4.90 Å². The van der Waals surface area contributed by atoms with E-state index < -0.39 is 16.1 Å². The van der Waals surface area contributed by atoms with Gasteiger partial charge in [0.2, 0.25) is 10.0 Å². The van der Waals surface area contributed by atoms with Crippen molar-refractivity contribution in [2.24, 2.45) is 5.73 Å². The van der Waals surface area contributed by atoms with Crippen molar-refractivity contribution in [1.82, 2.24) is 9.21 Å². The van der Waals surface area contributed by atoms with Crippen molar-refractivity contribution in [3.05, 3.63) is 42.5 Å². The molecule has 0 saturated carbocycles. The molecule has 0 radical (unpaired) electrons. The highest BCUT2D eigenvalue weighted by Gasteiger charge is 2.27. The lowest BCUT2D eigenvalue weighted by atomic mass is 10.1.